The maximum Gasteiger partial charge on any atom is 0.243 e. The summed E-state index contributed by atoms with van der Waals surface area (Å²) in [5.74, 6) is 1.37. The van der Waals surface area contributed by atoms with Gasteiger partial charge in [-0.1, -0.05) is 0 Å². The number of rotatable bonds is 6. The Morgan fingerprint density at radius 2 is 1.74 bits per heavy atom. The van der Waals surface area contributed by atoms with Crippen LogP contribution in [0.3, 0.4) is 0 Å². The van der Waals surface area contributed by atoms with Gasteiger partial charge in [-0.3, -0.25) is 4.99 Å². The molecule has 0 spiro atoms. The highest BCUT2D eigenvalue weighted by molar-refractivity contribution is 7.89. The van der Waals surface area contributed by atoms with Gasteiger partial charge in [0.2, 0.25) is 10.0 Å². The smallest absolute Gasteiger partial charge is 0.243 e. The Morgan fingerprint density at radius 3 is 2.37 bits per heavy atom. The van der Waals surface area contributed by atoms with Crippen LogP contribution in [0, 0.1) is 0 Å². The lowest BCUT2D eigenvalue weighted by atomic mass is 10.2. The summed E-state index contributed by atoms with van der Waals surface area (Å²) in [7, 11) is -0.319. The minimum absolute atomic E-state index is 0.252. The zero-order chi connectivity index (χ0) is 19.3. The summed E-state index contributed by atoms with van der Waals surface area (Å²) >= 11 is 0. The Balaban J connectivity index is 1.79. The van der Waals surface area contributed by atoms with Gasteiger partial charge in [-0.05, 0) is 42.5 Å². The molecule has 0 aromatic heterocycles. The first kappa shape index (κ1) is 19.3. The summed E-state index contributed by atoms with van der Waals surface area (Å²) in [5.41, 5.74) is 1.41. The number of aliphatic imine (C=N–C) groups is 1. The van der Waals surface area contributed by atoms with Crippen molar-refractivity contribution in [1.29, 1.82) is 0 Å². The SMILES string of the molecule is COc1ccc(OC)c(C=Nc2ccc(S(=O)(=O)N3CCOCC3)cc2)c1. The normalized spacial score (nSPS) is 15.8. The Bertz CT molecular complexity index is 904. The molecule has 8 heteroatoms. The maximum atomic E-state index is 12.6. The van der Waals surface area contributed by atoms with E-state index in [0.717, 1.165) is 5.56 Å². The predicted molar refractivity (Wildman–Crippen MR) is 103 cm³/mol. The van der Waals surface area contributed by atoms with Crippen LogP contribution in [0.5, 0.6) is 11.5 Å². The fraction of sp³-hybridized carbons (Fsp3) is 0.316. The molecule has 7 nitrogen and oxygen atoms in total. The van der Waals surface area contributed by atoms with E-state index in [-0.39, 0.29) is 4.90 Å². The molecule has 2 aromatic rings. The second-order valence-corrected chi connectivity index (χ2v) is 7.81. The third-order valence-electron chi connectivity index (χ3n) is 4.23. The number of ether oxygens (including phenoxy) is 3. The fourth-order valence-corrected chi connectivity index (χ4v) is 4.13. The molecule has 0 amide bonds. The number of benzene rings is 2. The van der Waals surface area contributed by atoms with Crippen LogP contribution < -0.4 is 9.47 Å². The Hall–Kier alpha value is -2.42. The molecular weight excluding hydrogens is 368 g/mol. The molecule has 0 unspecified atom stereocenters. The predicted octanol–water partition coefficient (Wildman–Crippen LogP) is 2.48. The van der Waals surface area contributed by atoms with Gasteiger partial charge in [-0.2, -0.15) is 4.31 Å². The molecule has 0 N–H and O–H groups in total. The number of sulfonamides is 1. The Kier molecular flexibility index (Phi) is 6.10. The van der Waals surface area contributed by atoms with Crippen molar-refractivity contribution < 1.29 is 22.6 Å². The van der Waals surface area contributed by atoms with Gasteiger partial charge in [0.1, 0.15) is 11.5 Å². The standard InChI is InChI=1S/C19H22N2O5S/c1-24-17-5-8-19(25-2)15(13-17)14-20-16-3-6-18(7-4-16)27(22,23)21-9-11-26-12-10-21/h3-8,13-14H,9-12H2,1-2H3. The van der Waals surface area contributed by atoms with Gasteiger partial charge >= 0.3 is 0 Å². The third kappa shape index (κ3) is 4.47. The molecule has 0 aliphatic carbocycles. The lowest BCUT2D eigenvalue weighted by molar-refractivity contribution is 0.0730. The molecule has 0 atom stereocenters. The van der Waals surface area contributed by atoms with Gasteiger partial charge in [0.15, 0.2) is 0 Å². The van der Waals surface area contributed by atoms with Crippen molar-refractivity contribution in [3.05, 3.63) is 48.0 Å². The highest BCUT2D eigenvalue weighted by Gasteiger charge is 2.25. The monoisotopic (exact) mass is 390 g/mol. The van der Waals surface area contributed by atoms with Gasteiger partial charge in [0.05, 0.1) is 38.0 Å². The van der Waals surface area contributed by atoms with Gasteiger partial charge < -0.3 is 14.2 Å². The summed E-state index contributed by atoms with van der Waals surface area (Å²) < 4.78 is 42.5. The van der Waals surface area contributed by atoms with Crippen molar-refractivity contribution in [3.63, 3.8) is 0 Å². The molecule has 0 saturated carbocycles. The largest absolute Gasteiger partial charge is 0.497 e. The molecule has 2 aromatic carbocycles. The molecule has 1 saturated heterocycles. The number of methoxy groups -OCH3 is 2. The van der Waals surface area contributed by atoms with Crippen molar-refractivity contribution in [2.45, 2.75) is 4.90 Å². The van der Waals surface area contributed by atoms with Crippen molar-refractivity contribution in [3.8, 4) is 11.5 Å². The molecule has 0 radical (unpaired) electrons. The second-order valence-electron chi connectivity index (χ2n) is 5.88. The van der Waals surface area contributed by atoms with E-state index >= 15 is 0 Å². The van der Waals surface area contributed by atoms with Crippen LogP contribution in [0.1, 0.15) is 5.56 Å². The van der Waals surface area contributed by atoms with E-state index in [2.05, 4.69) is 4.99 Å². The van der Waals surface area contributed by atoms with Crippen molar-refractivity contribution in [1.82, 2.24) is 4.31 Å². The summed E-state index contributed by atoms with van der Waals surface area (Å²) in [6.45, 7) is 1.59. The zero-order valence-corrected chi connectivity index (χ0v) is 16.1. The average Bonchev–Trinajstić information content (AvgIpc) is 2.73. The quantitative estimate of drug-likeness (QED) is 0.708. The van der Waals surface area contributed by atoms with E-state index in [4.69, 9.17) is 14.2 Å². The second kappa shape index (κ2) is 8.51. The number of hydrogen-bond acceptors (Lipinski definition) is 6. The zero-order valence-electron chi connectivity index (χ0n) is 15.3. The van der Waals surface area contributed by atoms with Crippen LogP contribution in [0.2, 0.25) is 0 Å². The number of hydrogen-bond donors (Lipinski definition) is 0. The number of nitrogens with zero attached hydrogens (tertiary/aromatic N) is 2. The van der Waals surface area contributed by atoms with E-state index in [1.807, 2.05) is 12.1 Å². The number of morpholine rings is 1. The van der Waals surface area contributed by atoms with Crippen molar-refractivity contribution in [2.75, 3.05) is 40.5 Å². The minimum atomic E-state index is -3.50. The lowest BCUT2D eigenvalue weighted by Crippen LogP contribution is -2.40. The maximum absolute atomic E-state index is 12.6. The van der Waals surface area contributed by atoms with E-state index in [0.29, 0.717) is 43.5 Å². The van der Waals surface area contributed by atoms with Gasteiger partial charge in [-0.25, -0.2) is 8.42 Å². The van der Waals surface area contributed by atoms with Crippen LogP contribution in [0.25, 0.3) is 0 Å². The Morgan fingerprint density at radius 1 is 1.04 bits per heavy atom. The van der Waals surface area contributed by atoms with E-state index in [1.54, 1.807) is 50.8 Å². The summed E-state index contributed by atoms with van der Waals surface area (Å²) in [6, 6.07) is 11.9. The molecule has 3 rings (SSSR count). The fourth-order valence-electron chi connectivity index (χ4n) is 2.72. The summed E-state index contributed by atoms with van der Waals surface area (Å²) in [4.78, 5) is 4.66. The molecule has 144 valence electrons. The van der Waals surface area contributed by atoms with Crippen LogP contribution in [-0.2, 0) is 14.8 Å². The molecular formula is C19H22N2O5S. The van der Waals surface area contributed by atoms with E-state index in [9.17, 15) is 8.42 Å². The van der Waals surface area contributed by atoms with Crippen LogP contribution in [-0.4, -0.2) is 59.5 Å². The molecule has 1 fully saturated rings. The highest BCUT2D eigenvalue weighted by atomic mass is 32.2. The van der Waals surface area contributed by atoms with Crippen LogP contribution in [0.15, 0.2) is 52.4 Å². The summed E-state index contributed by atoms with van der Waals surface area (Å²) in [6.07, 6.45) is 1.66. The van der Waals surface area contributed by atoms with E-state index in [1.165, 1.54) is 4.31 Å². The first-order chi connectivity index (χ1) is 13.0. The third-order valence-corrected chi connectivity index (χ3v) is 6.15. The lowest BCUT2D eigenvalue weighted by Gasteiger charge is -2.26. The van der Waals surface area contributed by atoms with Crippen LogP contribution >= 0.6 is 0 Å². The Labute approximate surface area is 159 Å². The first-order valence-corrected chi connectivity index (χ1v) is 9.92. The van der Waals surface area contributed by atoms with Crippen molar-refractivity contribution >= 4 is 21.9 Å². The molecule has 1 aliphatic heterocycles. The molecule has 27 heavy (non-hydrogen) atoms. The van der Waals surface area contributed by atoms with Crippen LogP contribution in [0.4, 0.5) is 5.69 Å². The molecule has 1 heterocycles. The van der Waals surface area contributed by atoms with Crippen molar-refractivity contribution in [2.24, 2.45) is 4.99 Å². The van der Waals surface area contributed by atoms with Gasteiger partial charge in [0.25, 0.3) is 0 Å². The van der Waals surface area contributed by atoms with Gasteiger partial charge in [0, 0.05) is 24.9 Å². The highest BCUT2D eigenvalue weighted by Crippen LogP contribution is 2.24. The minimum Gasteiger partial charge on any atom is -0.497 e. The topological polar surface area (TPSA) is 77.4 Å². The average molecular weight is 390 g/mol. The first-order valence-electron chi connectivity index (χ1n) is 8.48. The summed E-state index contributed by atoms with van der Waals surface area (Å²) in [5, 5.41) is 0. The molecule has 1 aliphatic rings. The molecule has 0 bridgehead atoms. The van der Waals surface area contributed by atoms with E-state index < -0.39 is 10.0 Å². The van der Waals surface area contributed by atoms with Gasteiger partial charge in [-0.15, -0.1) is 0 Å².